The molecule has 0 atom stereocenters. The Morgan fingerprint density at radius 3 is 2.79 bits per heavy atom. The number of rotatable bonds is 4. The summed E-state index contributed by atoms with van der Waals surface area (Å²) < 4.78 is 5.43. The molecule has 1 aromatic rings. The van der Waals surface area contributed by atoms with Crippen LogP contribution in [-0.4, -0.2) is 24.6 Å². The quantitative estimate of drug-likeness (QED) is 0.849. The molecule has 1 aliphatic heterocycles. The number of amides is 1. The van der Waals surface area contributed by atoms with E-state index >= 15 is 0 Å². The van der Waals surface area contributed by atoms with Crippen molar-refractivity contribution >= 4 is 11.6 Å². The third-order valence-corrected chi connectivity index (χ3v) is 3.18. The molecule has 0 unspecified atom stereocenters. The summed E-state index contributed by atoms with van der Waals surface area (Å²) in [6.45, 7) is 5.02. The third kappa shape index (κ3) is 3.24. The molecule has 0 saturated carbocycles. The van der Waals surface area contributed by atoms with Crippen LogP contribution in [0.25, 0.3) is 0 Å². The van der Waals surface area contributed by atoms with Crippen molar-refractivity contribution in [1.29, 1.82) is 0 Å². The fourth-order valence-corrected chi connectivity index (χ4v) is 2.02. The number of carbonyl (C=O) groups excluding carboxylic acids is 1. The summed E-state index contributed by atoms with van der Waals surface area (Å²) in [4.78, 5) is 13.7. The molecule has 104 valence electrons. The molecule has 0 spiro atoms. The van der Waals surface area contributed by atoms with Crippen LogP contribution in [0.15, 0.2) is 18.2 Å². The Balaban J connectivity index is 2.26. The smallest absolute Gasteiger partial charge is 0.265 e. The number of anilines is 1. The van der Waals surface area contributed by atoms with E-state index in [-0.39, 0.29) is 18.1 Å². The number of ether oxygens (including phenoxy) is 1. The first-order valence-corrected chi connectivity index (χ1v) is 6.46. The Bertz CT molecular complexity index is 480. The first-order valence-electron chi connectivity index (χ1n) is 6.46. The van der Waals surface area contributed by atoms with Gasteiger partial charge in [0.2, 0.25) is 0 Å². The second-order valence-electron chi connectivity index (χ2n) is 5.58. The molecule has 5 nitrogen and oxygen atoms in total. The maximum absolute atomic E-state index is 12.0. The van der Waals surface area contributed by atoms with Gasteiger partial charge in [0, 0.05) is 18.6 Å². The molecule has 0 saturated heterocycles. The predicted octanol–water partition coefficient (Wildman–Crippen LogP) is 0.998. The fraction of sp³-hybridized carbons (Fsp3) is 0.500. The molecule has 2 rings (SSSR count). The number of hydrogen-bond donors (Lipinski definition) is 2. The number of fused-ring (bicyclic) bond motifs is 1. The van der Waals surface area contributed by atoms with Crippen molar-refractivity contribution in [3.8, 4) is 5.75 Å². The van der Waals surface area contributed by atoms with Crippen LogP contribution in [0.1, 0.15) is 25.8 Å². The summed E-state index contributed by atoms with van der Waals surface area (Å²) in [5.74, 6) is 0.692. The molecular formula is C14H21N3O2. The van der Waals surface area contributed by atoms with Crippen LogP contribution in [0, 0.1) is 0 Å². The molecule has 1 heterocycles. The summed E-state index contributed by atoms with van der Waals surface area (Å²) in [7, 11) is 0. The molecule has 4 N–H and O–H groups in total. The van der Waals surface area contributed by atoms with Gasteiger partial charge in [0.25, 0.3) is 5.91 Å². The minimum Gasteiger partial charge on any atom is -0.482 e. The number of nitrogens with two attached hydrogens (primary N) is 2. The van der Waals surface area contributed by atoms with Crippen molar-refractivity contribution in [1.82, 2.24) is 0 Å². The molecule has 0 fully saturated rings. The van der Waals surface area contributed by atoms with E-state index in [1.807, 2.05) is 32.0 Å². The van der Waals surface area contributed by atoms with E-state index in [1.54, 1.807) is 4.90 Å². The summed E-state index contributed by atoms with van der Waals surface area (Å²) in [5.41, 5.74) is 13.1. The summed E-state index contributed by atoms with van der Waals surface area (Å²) in [5, 5.41) is 0. The minimum absolute atomic E-state index is 0.0362. The monoisotopic (exact) mass is 263 g/mol. The van der Waals surface area contributed by atoms with E-state index in [2.05, 4.69) is 0 Å². The average molecular weight is 263 g/mol. The first-order chi connectivity index (χ1) is 8.90. The SMILES string of the molecule is CC(C)(N)CCN1C(=O)COc2ccc(CN)cc21. The van der Waals surface area contributed by atoms with E-state index in [9.17, 15) is 4.79 Å². The molecule has 0 aromatic heterocycles. The van der Waals surface area contributed by atoms with Crippen LogP contribution in [0.2, 0.25) is 0 Å². The van der Waals surface area contributed by atoms with E-state index in [4.69, 9.17) is 16.2 Å². The Kier molecular flexibility index (Phi) is 3.78. The Hall–Kier alpha value is -1.59. The minimum atomic E-state index is -0.301. The molecule has 19 heavy (non-hydrogen) atoms. The fourth-order valence-electron chi connectivity index (χ4n) is 2.02. The highest BCUT2D eigenvalue weighted by atomic mass is 16.5. The molecule has 1 amide bonds. The van der Waals surface area contributed by atoms with Gasteiger partial charge in [-0.25, -0.2) is 0 Å². The van der Waals surface area contributed by atoms with Gasteiger partial charge >= 0.3 is 0 Å². The van der Waals surface area contributed by atoms with Gasteiger partial charge in [-0.2, -0.15) is 0 Å². The van der Waals surface area contributed by atoms with E-state index < -0.39 is 0 Å². The largest absolute Gasteiger partial charge is 0.482 e. The van der Waals surface area contributed by atoms with Crippen molar-refractivity contribution in [2.24, 2.45) is 11.5 Å². The first kappa shape index (κ1) is 13.8. The zero-order valence-electron chi connectivity index (χ0n) is 11.5. The van der Waals surface area contributed by atoms with Crippen molar-refractivity contribution in [3.05, 3.63) is 23.8 Å². The van der Waals surface area contributed by atoms with Crippen LogP contribution in [0.5, 0.6) is 5.75 Å². The van der Waals surface area contributed by atoms with Crippen molar-refractivity contribution in [2.75, 3.05) is 18.1 Å². The molecule has 1 aliphatic rings. The summed E-state index contributed by atoms with van der Waals surface area (Å²) in [6, 6.07) is 5.69. The zero-order chi connectivity index (χ0) is 14.0. The van der Waals surface area contributed by atoms with Gasteiger partial charge in [0.1, 0.15) is 5.75 Å². The van der Waals surface area contributed by atoms with Gasteiger partial charge in [-0.3, -0.25) is 4.79 Å². The maximum atomic E-state index is 12.0. The predicted molar refractivity (Wildman–Crippen MR) is 75.1 cm³/mol. The lowest BCUT2D eigenvalue weighted by atomic mass is 10.0. The van der Waals surface area contributed by atoms with Gasteiger partial charge in [-0.1, -0.05) is 6.07 Å². The molecular weight excluding hydrogens is 242 g/mol. The van der Waals surface area contributed by atoms with E-state index in [0.717, 1.165) is 23.4 Å². The molecule has 0 aliphatic carbocycles. The van der Waals surface area contributed by atoms with Crippen molar-refractivity contribution in [3.63, 3.8) is 0 Å². The van der Waals surface area contributed by atoms with Crippen LogP contribution in [-0.2, 0) is 11.3 Å². The number of benzene rings is 1. The highest BCUT2D eigenvalue weighted by Gasteiger charge is 2.26. The summed E-state index contributed by atoms with van der Waals surface area (Å²) >= 11 is 0. The highest BCUT2D eigenvalue weighted by molar-refractivity contribution is 5.97. The Morgan fingerprint density at radius 1 is 1.42 bits per heavy atom. The normalized spacial score (nSPS) is 15.2. The highest BCUT2D eigenvalue weighted by Crippen LogP contribution is 2.33. The molecule has 5 heteroatoms. The van der Waals surface area contributed by atoms with Gasteiger partial charge in [0.15, 0.2) is 6.61 Å². The standard InChI is InChI=1S/C14H21N3O2/c1-14(2,16)5-6-17-11-7-10(8-15)3-4-12(11)19-9-13(17)18/h3-4,7H,5-6,8-9,15-16H2,1-2H3. The van der Waals surface area contributed by atoms with E-state index in [1.165, 1.54) is 0 Å². The van der Waals surface area contributed by atoms with E-state index in [0.29, 0.717) is 13.1 Å². The van der Waals surface area contributed by atoms with Crippen LogP contribution in [0.4, 0.5) is 5.69 Å². The lowest BCUT2D eigenvalue weighted by Gasteiger charge is -2.32. The zero-order valence-corrected chi connectivity index (χ0v) is 11.5. The van der Waals surface area contributed by atoms with Gasteiger partial charge in [0.05, 0.1) is 5.69 Å². The third-order valence-electron chi connectivity index (χ3n) is 3.18. The summed E-state index contributed by atoms with van der Waals surface area (Å²) in [6.07, 6.45) is 0.727. The van der Waals surface area contributed by atoms with Gasteiger partial charge in [-0.05, 0) is 38.0 Å². The van der Waals surface area contributed by atoms with Gasteiger partial charge in [-0.15, -0.1) is 0 Å². The Morgan fingerprint density at radius 2 is 2.16 bits per heavy atom. The van der Waals surface area contributed by atoms with Crippen molar-refractivity contribution in [2.45, 2.75) is 32.4 Å². The second-order valence-corrected chi connectivity index (χ2v) is 5.58. The van der Waals surface area contributed by atoms with Crippen LogP contribution < -0.4 is 21.1 Å². The average Bonchev–Trinajstić information content (AvgIpc) is 2.35. The number of nitrogens with zero attached hydrogens (tertiary/aromatic N) is 1. The second kappa shape index (κ2) is 5.19. The topological polar surface area (TPSA) is 81.6 Å². The van der Waals surface area contributed by atoms with Gasteiger partial charge < -0.3 is 21.1 Å². The molecule has 0 radical (unpaired) electrons. The van der Waals surface area contributed by atoms with Crippen LogP contribution >= 0.6 is 0 Å². The maximum Gasteiger partial charge on any atom is 0.265 e. The number of hydrogen-bond acceptors (Lipinski definition) is 4. The lowest BCUT2D eigenvalue weighted by Crippen LogP contribution is -2.43. The number of carbonyl (C=O) groups is 1. The lowest BCUT2D eigenvalue weighted by molar-refractivity contribution is -0.121. The Labute approximate surface area is 113 Å². The van der Waals surface area contributed by atoms with Crippen molar-refractivity contribution < 1.29 is 9.53 Å². The molecule has 0 bridgehead atoms. The molecule has 1 aromatic carbocycles. The van der Waals surface area contributed by atoms with Crippen LogP contribution in [0.3, 0.4) is 0 Å².